The minimum atomic E-state index is -0.421. The second kappa shape index (κ2) is 4.06. The first kappa shape index (κ1) is 10.2. The third-order valence-electron chi connectivity index (χ3n) is 1.95. The predicted octanol–water partition coefficient (Wildman–Crippen LogP) is 2.13. The number of aromatic nitrogens is 4. The van der Waals surface area contributed by atoms with E-state index in [0.29, 0.717) is 12.1 Å². The Labute approximate surface area is 94.3 Å². The minimum absolute atomic E-state index is 0.174. The molecular formula is C9H8BrFN4. The van der Waals surface area contributed by atoms with Gasteiger partial charge < -0.3 is 0 Å². The van der Waals surface area contributed by atoms with Gasteiger partial charge >= 0.3 is 0 Å². The molecule has 0 amide bonds. The lowest BCUT2D eigenvalue weighted by atomic mass is 10.3. The first-order valence-corrected chi connectivity index (χ1v) is 5.21. The summed E-state index contributed by atoms with van der Waals surface area (Å²) in [6.07, 6.45) is 5.09. The number of aryl methyl sites for hydroxylation is 1. The standard InChI is InChI=1S/C9H8BrFN4/c1-2-7-8(11)9(13-5-12-7)15-4-6(10)3-14-15/h3-5H,2H2,1H3. The molecule has 0 radical (unpaired) electrons. The van der Waals surface area contributed by atoms with Gasteiger partial charge in [0.1, 0.15) is 6.33 Å². The molecule has 0 saturated carbocycles. The molecular weight excluding hydrogens is 263 g/mol. The lowest BCUT2D eigenvalue weighted by Crippen LogP contribution is -2.06. The molecule has 0 aliphatic carbocycles. The van der Waals surface area contributed by atoms with Crippen LogP contribution in [0.5, 0.6) is 0 Å². The zero-order valence-electron chi connectivity index (χ0n) is 7.98. The van der Waals surface area contributed by atoms with Crippen LogP contribution < -0.4 is 0 Å². The van der Waals surface area contributed by atoms with Crippen molar-refractivity contribution in [1.29, 1.82) is 0 Å². The van der Waals surface area contributed by atoms with Gasteiger partial charge in [0, 0.05) is 6.20 Å². The van der Waals surface area contributed by atoms with E-state index in [1.165, 1.54) is 11.0 Å². The monoisotopic (exact) mass is 270 g/mol. The van der Waals surface area contributed by atoms with Crippen molar-refractivity contribution >= 4 is 15.9 Å². The maximum absolute atomic E-state index is 13.8. The molecule has 2 aromatic heterocycles. The summed E-state index contributed by atoms with van der Waals surface area (Å²) in [6.45, 7) is 1.84. The summed E-state index contributed by atoms with van der Waals surface area (Å²) in [5.74, 6) is -0.247. The van der Waals surface area contributed by atoms with Crippen LogP contribution >= 0.6 is 15.9 Å². The Hall–Kier alpha value is -1.30. The summed E-state index contributed by atoms with van der Waals surface area (Å²) >= 11 is 3.24. The molecule has 2 rings (SSSR count). The van der Waals surface area contributed by atoms with Gasteiger partial charge in [-0.25, -0.2) is 19.0 Å². The molecule has 0 spiro atoms. The van der Waals surface area contributed by atoms with Gasteiger partial charge in [-0.1, -0.05) is 6.92 Å². The Kier molecular flexibility index (Phi) is 2.77. The van der Waals surface area contributed by atoms with Crippen LogP contribution in [0, 0.1) is 5.82 Å². The van der Waals surface area contributed by atoms with Gasteiger partial charge in [-0.15, -0.1) is 0 Å². The maximum atomic E-state index is 13.8. The zero-order valence-corrected chi connectivity index (χ0v) is 9.57. The largest absolute Gasteiger partial charge is 0.238 e. The summed E-state index contributed by atoms with van der Waals surface area (Å²) in [5.41, 5.74) is 0.395. The van der Waals surface area contributed by atoms with Gasteiger partial charge in [0.25, 0.3) is 0 Å². The quantitative estimate of drug-likeness (QED) is 0.840. The third-order valence-corrected chi connectivity index (χ3v) is 2.36. The molecule has 2 aromatic rings. The van der Waals surface area contributed by atoms with Crippen LogP contribution in [0.4, 0.5) is 4.39 Å². The van der Waals surface area contributed by atoms with Crippen LogP contribution in [-0.2, 0) is 6.42 Å². The van der Waals surface area contributed by atoms with E-state index >= 15 is 0 Å². The molecule has 0 atom stereocenters. The normalized spacial score (nSPS) is 10.6. The topological polar surface area (TPSA) is 43.6 Å². The number of hydrogen-bond donors (Lipinski definition) is 0. The van der Waals surface area contributed by atoms with Crippen molar-refractivity contribution in [3.05, 3.63) is 34.7 Å². The molecule has 0 aliphatic rings. The predicted molar refractivity (Wildman–Crippen MR) is 56.2 cm³/mol. The minimum Gasteiger partial charge on any atom is -0.238 e. The Balaban J connectivity index is 2.53. The van der Waals surface area contributed by atoms with Gasteiger partial charge in [-0.3, -0.25) is 0 Å². The second-order valence-electron chi connectivity index (χ2n) is 2.91. The average molecular weight is 271 g/mol. The smallest absolute Gasteiger partial charge is 0.193 e. The Bertz CT molecular complexity index is 483. The number of nitrogens with zero attached hydrogens (tertiary/aromatic N) is 4. The lowest BCUT2D eigenvalue weighted by molar-refractivity contribution is 0.574. The van der Waals surface area contributed by atoms with Crippen molar-refractivity contribution in [2.24, 2.45) is 0 Å². The highest BCUT2D eigenvalue weighted by molar-refractivity contribution is 9.10. The van der Waals surface area contributed by atoms with Crippen LogP contribution in [0.15, 0.2) is 23.2 Å². The van der Waals surface area contributed by atoms with Crippen molar-refractivity contribution in [3.8, 4) is 5.82 Å². The van der Waals surface area contributed by atoms with Crippen molar-refractivity contribution in [3.63, 3.8) is 0 Å². The van der Waals surface area contributed by atoms with E-state index in [-0.39, 0.29) is 5.82 Å². The van der Waals surface area contributed by atoms with E-state index in [4.69, 9.17) is 0 Å². The molecule has 0 unspecified atom stereocenters. The second-order valence-corrected chi connectivity index (χ2v) is 3.83. The molecule has 0 aliphatic heterocycles. The average Bonchev–Trinajstić information content (AvgIpc) is 2.65. The van der Waals surface area contributed by atoms with E-state index in [1.54, 1.807) is 12.4 Å². The SMILES string of the molecule is CCc1ncnc(-n2cc(Br)cn2)c1F. The molecule has 78 valence electrons. The van der Waals surface area contributed by atoms with Crippen molar-refractivity contribution in [2.45, 2.75) is 13.3 Å². The van der Waals surface area contributed by atoms with E-state index in [2.05, 4.69) is 31.0 Å². The van der Waals surface area contributed by atoms with Gasteiger partial charge in [0.2, 0.25) is 0 Å². The van der Waals surface area contributed by atoms with Crippen LogP contribution in [0.1, 0.15) is 12.6 Å². The highest BCUT2D eigenvalue weighted by Gasteiger charge is 2.11. The summed E-state index contributed by atoms with van der Waals surface area (Å²) in [6, 6.07) is 0. The van der Waals surface area contributed by atoms with E-state index in [9.17, 15) is 4.39 Å². The van der Waals surface area contributed by atoms with Crippen molar-refractivity contribution < 1.29 is 4.39 Å². The van der Waals surface area contributed by atoms with E-state index < -0.39 is 5.82 Å². The number of rotatable bonds is 2. The molecule has 0 fully saturated rings. The third kappa shape index (κ3) is 1.90. The van der Waals surface area contributed by atoms with E-state index in [1.807, 2.05) is 6.92 Å². The molecule has 0 N–H and O–H groups in total. The number of halogens is 2. The maximum Gasteiger partial charge on any atom is 0.193 e. The fourth-order valence-corrected chi connectivity index (χ4v) is 1.50. The summed E-state index contributed by atoms with van der Waals surface area (Å²) in [4.78, 5) is 7.71. The fourth-order valence-electron chi connectivity index (χ4n) is 1.22. The summed E-state index contributed by atoms with van der Waals surface area (Å²) in [5, 5.41) is 3.96. The molecule has 0 aromatic carbocycles. The molecule has 4 nitrogen and oxygen atoms in total. The molecule has 0 bridgehead atoms. The van der Waals surface area contributed by atoms with Crippen molar-refractivity contribution in [2.75, 3.05) is 0 Å². The first-order chi connectivity index (χ1) is 7.22. The van der Waals surface area contributed by atoms with Crippen LogP contribution in [0.2, 0.25) is 0 Å². The van der Waals surface area contributed by atoms with Crippen molar-refractivity contribution in [1.82, 2.24) is 19.7 Å². The van der Waals surface area contributed by atoms with Gasteiger partial charge in [-0.2, -0.15) is 5.10 Å². The zero-order chi connectivity index (χ0) is 10.8. The Morgan fingerprint density at radius 3 is 2.87 bits per heavy atom. The summed E-state index contributed by atoms with van der Waals surface area (Å²) in [7, 11) is 0. The molecule has 0 saturated heterocycles. The molecule has 15 heavy (non-hydrogen) atoms. The fraction of sp³-hybridized carbons (Fsp3) is 0.222. The van der Waals surface area contributed by atoms with Gasteiger partial charge in [0.15, 0.2) is 11.6 Å². The summed E-state index contributed by atoms with van der Waals surface area (Å²) < 4.78 is 15.9. The first-order valence-electron chi connectivity index (χ1n) is 4.42. The van der Waals surface area contributed by atoms with Crippen LogP contribution in [0.25, 0.3) is 5.82 Å². The lowest BCUT2D eigenvalue weighted by Gasteiger charge is -2.03. The van der Waals surface area contributed by atoms with Gasteiger partial charge in [0.05, 0.1) is 16.4 Å². The van der Waals surface area contributed by atoms with E-state index in [0.717, 1.165) is 4.47 Å². The molecule has 6 heteroatoms. The Morgan fingerprint density at radius 1 is 1.47 bits per heavy atom. The van der Waals surface area contributed by atoms with Crippen LogP contribution in [-0.4, -0.2) is 19.7 Å². The highest BCUT2D eigenvalue weighted by Crippen LogP contribution is 2.15. The molecule has 2 heterocycles. The van der Waals surface area contributed by atoms with Crippen LogP contribution in [0.3, 0.4) is 0 Å². The highest BCUT2D eigenvalue weighted by atomic mass is 79.9. The number of hydrogen-bond acceptors (Lipinski definition) is 3. The Morgan fingerprint density at radius 2 is 2.27 bits per heavy atom. The van der Waals surface area contributed by atoms with Gasteiger partial charge in [-0.05, 0) is 22.4 Å².